The van der Waals surface area contributed by atoms with Crippen LogP contribution in [0.2, 0.25) is 5.02 Å². The summed E-state index contributed by atoms with van der Waals surface area (Å²) in [5.74, 6) is 0.133. The Morgan fingerprint density at radius 2 is 1.97 bits per heavy atom. The van der Waals surface area contributed by atoms with Crippen molar-refractivity contribution in [3.05, 3.63) is 47.1 Å². The molecule has 2 aliphatic heterocycles. The first-order chi connectivity index (χ1) is 14.3. The molecule has 2 unspecified atom stereocenters. The minimum Gasteiger partial charge on any atom is -0.399 e. The maximum atomic E-state index is 13.3. The standard InChI is InChI=1S/C22H28ClN5O2/c1-13-11-27(12-14(2)30-13)22(29)19-10-21(15-3-5-16(24)6-4-15)28(26-19)20-8-7-17(25)9-18(20)23/h3,5-9,13-15,21H,4,10-12,24-25H2,1-2H3/t13-,14+,15?,21?. The van der Waals surface area contributed by atoms with Crippen molar-refractivity contribution < 1.29 is 9.53 Å². The Hall–Kier alpha value is -2.51. The number of nitrogen functional groups attached to an aromatic ring is 1. The van der Waals surface area contributed by atoms with Crippen LogP contribution in [-0.2, 0) is 9.53 Å². The van der Waals surface area contributed by atoms with Crippen LogP contribution in [-0.4, -0.2) is 47.9 Å². The lowest BCUT2D eigenvalue weighted by Crippen LogP contribution is -2.50. The molecule has 2 heterocycles. The lowest BCUT2D eigenvalue weighted by molar-refractivity contribution is -0.136. The van der Waals surface area contributed by atoms with Gasteiger partial charge in [-0.15, -0.1) is 0 Å². The molecular weight excluding hydrogens is 402 g/mol. The number of nitrogens with two attached hydrogens (primary N) is 2. The van der Waals surface area contributed by atoms with Crippen molar-refractivity contribution in [3.63, 3.8) is 0 Å². The lowest BCUT2D eigenvalue weighted by Gasteiger charge is -2.35. The summed E-state index contributed by atoms with van der Waals surface area (Å²) in [6.07, 6.45) is 7.38. The molecule has 7 nitrogen and oxygen atoms in total. The summed E-state index contributed by atoms with van der Waals surface area (Å²) in [5.41, 5.74) is 14.4. The van der Waals surface area contributed by atoms with E-state index >= 15 is 0 Å². The van der Waals surface area contributed by atoms with Crippen molar-refractivity contribution in [3.8, 4) is 0 Å². The van der Waals surface area contributed by atoms with Crippen molar-refractivity contribution >= 4 is 34.6 Å². The number of hydrogen-bond donors (Lipinski definition) is 2. The minimum absolute atomic E-state index is 0.00698. The van der Waals surface area contributed by atoms with Crippen LogP contribution in [0.5, 0.6) is 0 Å². The Balaban J connectivity index is 1.63. The van der Waals surface area contributed by atoms with Gasteiger partial charge in [0.2, 0.25) is 0 Å². The maximum absolute atomic E-state index is 13.3. The fourth-order valence-corrected chi connectivity index (χ4v) is 4.67. The fraction of sp³-hybridized carbons (Fsp3) is 0.455. The smallest absolute Gasteiger partial charge is 0.270 e. The van der Waals surface area contributed by atoms with Crippen LogP contribution < -0.4 is 16.5 Å². The third-order valence-corrected chi connectivity index (χ3v) is 6.08. The average molecular weight is 430 g/mol. The average Bonchev–Trinajstić information content (AvgIpc) is 3.12. The van der Waals surface area contributed by atoms with Gasteiger partial charge in [-0.25, -0.2) is 0 Å². The van der Waals surface area contributed by atoms with E-state index in [-0.39, 0.29) is 30.1 Å². The number of hydrazone groups is 1. The van der Waals surface area contributed by atoms with Gasteiger partial charge in [0, 0.05) is 36.8 Å². The third kappa shape index (κ3) is 4.18. The molecule has 1 fully saturated rings. The number of amides is 1. The molecular formula is C22H28ClN5O2. The summed E-state index contributed by atoms with van der Waals surface area (Å²) in [6, 6.07) is 5.34. The quantitative estimate of drug-likeness (QED) is 0.720. The molecule has 4 N–H and O–H groups in total. The maximum Gasteiger partial charge on any atom is 0.270 e. The van der Waals surface area contributed by atoms with E-state index in [1.807, 2.05) is 42.0 Å². The normalized spacial score (nSPS) is 29.0. The second kappa shape index (κ2) is 8.32. The number of hydrogen-bond acceptors (Lipinski definition) is 6. The van der Waals surface area contributed by atoms with Gasteiger partial charge in [-0.2, -0.15) is 5.10 Å². The second-order valence-electron chi connectivity index (χ2n) is 8.30. The van der Waals surface area contributed by atoms with E-state index in [0.717, 1.165) is 17.8 Å². The summed E-state index contributed by atoms with van der Waals surface area (Å²) in [6.45, 7) is 5.11. The van der Waals surface area contributed by atoms with Gasteiger partial charge in [0.1, 0.15) is 5.71 Å². The zero-order valence-corrected chi connectivity index (χ0v) is 18.0. The topological polar surface area (TPSA) is 97.2 Å². The van der Waals surface area contributed by atoms with E-state index in [2.05, 4.69) is 6.08 Å². The molecule has 1 aliphatic carbocycles. The number of carbonyl (C=O) groups is 1. The van der Waals surface area contributed by atoms with E-state index in [9.17, 15) is 4.79 Å². The number of halogens is 1. The summed E-state index contributed by atoms with van der Waals surface area (Å²) >= 11 is 6.50. The molecule has 8 heteroatoms. The van der Waals surface area contributed by atoms with Gasteiger partial charge in [0.15, 0.2) is 0 Å². The highest BCUT2D eigenvalue weighted by atomic mass is 35.5. The highest BCUT2D eigenvalue weighted by Gasteiger charge is 2.39. The minimum atomic E-state index is -0.0362. The SMILES string of the molecule is C[C@@H]1CN(C(=O)C2=NN(c3ccc(N)cc3Cl)C(C3C=CC(N)=CC3)C2)C[C@H](C)O1. The summed E-state index contributed by atoms with van der Waals surface area (Å²) in [5, 5.41) is 7.15. The highest BCUT2D eigenvalue weighted by molar-refractivity contribution is 6.40. The van der Waals surface area contributed by atoms with Crippen LogP contribution in [0, 0.1) is 5.92 Å². The first kappa shape index (κ1) is 20.8. The van der Waals surface area contributed by atoms with Crippen molar-refractivity contribution in [1.29, 1.82) is 0 Å². The Kier molecular flexibility index (Phi) is 5.75. The molecule has 1 amide bonds. The number of carbonyl (C=O) groups excluding carboxylic acids is 1. The first-order valence-corrected chi connectivity index (χ1v) is 10.7. The van der Waals surface area contributed by atoms with Crippen LogP contribution in [0.1, 0.15) is 26.7 Å². The first-order valence-electron chi connectivity index (χ1n) is 10.3. The van der Waals surface area contributed by atoms with Crippen LogP contribution in [0.25, 0.3) is 0 Å². The predicted molar refractivity (Wildman–Crippen MR) is 120 cm³/mol. The summed E-state index contributed by atoms with van der Waals surface area (Å²) in [7, 11) is 0. The molecule has 160 valence electrons. The third-order valence-electron chi connectivity index (χ3n) is 5.77. The zero-order chi connectivity index (χ0) is 21.4. The molecule has 0 aromatic heterocycles. The van der Waals surface area contributed by atoms with E-state index in [4.69, 9.17) is 32.9 Å². The van der Waals surface area contributed by atoms with Gasteiger partial charge in [-0.05, 0) is 44.5 Å². The van der Waals surface area contributed by atoms with Crippen molar-refractivity contribution in [2.24, 2.45) is 16.8 Å². The van der Waals surface area contributed by atoms with Gasteiger partial charge in [-0.1, -0.05) is 23.8 Å². The molecule has 0 radical (unpaired) electrons. The number of ether oxygens (including phenoxy) is 1. The molecule has 0 bridgehead atoms. The number of morpholine rings is 1. The predicted octanol–water partition coefficient (Wildman–Crippen LogP) is 2.91. The monoisotopic (exact) mass is 429 g/mol. The molecule has 0 saturated carbocycles. The van der Waals surface area contributed by atoms with Crippen molar-refractivity contribution in [2.75, 3.05) is 23.8 Å². The van der Waals surface area contributed by atoms with Crippen LogP contribution in [0.3, 0.4) is 0 Å². The van der Waals surface area contributed by atoms with Crippen LogP contribution in [0.4, 0.5) is 11.4 Å². The van der Waals surface area contributed by atoms with E-state index in [0.29, 0.717) is 35.9 Å². The summed E-state index contributed by atoms with van der Waals surface area (Å²) in [4.78, 5) is 15.1. The van der Waals surface area contributed by atoms with Crippen molar-refractivity contribution in [1.82, 2.24) is 4.90 Å². The van der Waals surface area contributed by atoms with Gasteiger partial charge in [0.25, 0.3) is 5.91 Å². The highest BCUT2D eigenvalue weighted by Crippen LogP contribution is 2.37. The summed E-state index contributed by atoms with van der Waals surface area (Å²) < 4.78 is 5.77. The van der Waals surface area contributed by atoms with E-state index < -0.39 is 0 Å². The molecule has 0 spiro atoms. The molecule has 1 saturated heterocycles. The second-order valence-corrected chi connectivity index (χ2v) is 8.71. The molecule has 4 atom stereocenters. The van der Waals surface area contributed by atoms with Crippen LogP contribution in [0.15, 0.2) is 47.2 Å². The van der Waals surface area contributed by atoms with E-state index in [1.54, 1.807) is 12.1 Å². The Morgan fingerprint density at radius 1 is 1.23 bits per heavy atom. The van der Waals surface area contributed by atoms with Gasteiger partial charge >= 0.3 is 0 Å². The Labute approximate surface area is 182 Å². The van der Waals surface area contributed by atoms with Crippen LogP contribution >= 0.6 is 11.6 Å². The lowest BCUT2D eigenvalue weighted by atomic mass is 9.88. The number of rotatable bonds is 3. The largest absolute Gasteiger partial charge is 0.399 e. The molecule has 1 aromatic rings. The molecule has 4 rings (SSSR count). The Bertz CT molecular complexity index is 918. The molecule has 1 aromatic carbocycles. The zero-order valence-electron chi connectivity index (χ0n) is 17.3. The number of anilines is 2. The number of allylic oxidation sites excluding steroid dienone is 2. The van der Waals surface area contributed by atoms with Gasteiger partial charge in [0.05, 0.1) is 29.0 Å². The van der Waals surface area contributed by atoms with Crippen molar-refractivity contribution in [2.45, 2.75) is 44.9 Å². The van der Waals surface area contributed by atoms with Gasteiger partial charge in [-0.3, -0.25) is 9.80 Å². The molecule has 30 heavy (non-hydrogen) atoms. The number of nitrogens with zero attached hydrogens (tertiary/aromatic N) is 3. The van der Waals surface area contributed by atoms with Gasteiger partial charge < -0.3 is 21.1 Å². The van der Waals surface area contributed by atoms with E-state index in [1.165, 1.54) is 0 Å². The fourth-order valence-electron chi connectivity index (χ4n) is 4.40. The Morgan fingerprint density at radius 3 is 2.60 bits per heavy atom. The number of benzene rings is 1. The molecule has 3 aliphatic rings.